The Morgan fingerprint density at radius 2 is 0.671 bits per heavy atom. The van der Waals surface area contributed by atoms with Crippen molar-refractivity contribution >= 4 is 61.1 Å². The van der Waals surface area contributed by atoms with Crippen molar-refractivity contribution in [1.82, 2.24) is 25.3 Å². The molecule has 2 aliphatic heterocycles. The maximum atomic E-state index is 13.8. The van der Waals surface area contributed by atoms with Gasteiger partial charge in [-0.2, -0.15) is 0 Å². The second kappa shape index (κ2) is 23.0. The topological polar surface area (TPSA) is 114 Å². The second-order valence-electron chi connectivity index (χ2n) is 29.6. The third-order valence-corrected chi connectivity index (χ3v) is 19.8. The van der Waals surface area contributed by atoms with Crippen molar-refractivity contribution in [2.75, 3.05) is 27.9 Å². The molecule has 446 valence electrons. The summed E-state index contributed by atoms with van der Waals surface area (Å²) in [5.74, 6) is -0.161. The number of aromatic amines is 2. The standard InChI is InChI=1S/C75H93N5O4Si/c1-70(2,3)51-37-48(38-52(43-51)71(4,5)6)66-59-29-27-57(77-59)65(46-23-25-47(26-24-46)69(81)76-35-22-36-85(82-19,83-20)84-21)58-28-30-60(78-58)67(49-39-53(72(7,8)9)44-54(40-49)73(10,11)12)62-32-34-64(80-62)68(63-33-31-61(66)79-63)50-41-55(74(13,14)15)45-56(42-50)75(16,17)18/h23-34,37-45,77,80H,22,35-36H2,1-21H3,(H,76,81). The van der Waals surface area contributed by atoms with Crippen LogP contribution in [0.1, 0.15) is 198 Å². The van der Waals surface area contributed by atoms with E-state index in [4.69, 9.17) is 23.2 Å². The first kappa shape index (κ1) is 62.6. The van der Waals surface area contributed by atoms with E-state index in [1.807, 2.05) is 24.3 Å². The number of hydrogen-bond acceptors (Lipinski definition) is 6. The molecule has 8 bridgehead atoms. The molecule has 10 heteroatoms. The number of nitrogens with zero attached hydrogens (tertiary/aromatic N) is 2. The monoisotopic (exact) mass is 1160 g/mol. The van der Waals surface area contributed by atoms with Crippen molar-refractivity contribution in [3.05, 3.63) is 165 Å². The third-order valence-electron chi connectivity index (χ3n) is 16.9. The molecule has 0 saturated carbocycles. The fourth-order valence-electron chi connectivity index (χ4n) is 11.3. The number of rotatable bonds is 12. The van der Waals surface area contributed by atoms with E-state index in [0.29, 0.717) is 24.6 Å². The van der Waals surface area contributed by atoms with Crippen LogP contribution < -0.4 is 5.32 Å². The van der Waals surface area contributed by atoms with Crippen molar-refractivity contribution in [2.45, 2.75) is 170 Å². The van der Waals surface area contributed by atoms with Crippen LogP contribution in [0.2, 0.25) is 6.04 Å². The molecular formula is C75H93N5O4Si. The minimum Gasteiger partial charge on any atom is -0.377 e. The molecular weight excluding hydrogens is 1060 g/mol. The highest BCUT2D eigenvalue weighted by atomic mass is 28.4. The van der Waals surface area contributed by atoms with E-state index in [1.165, 1.54) is 33.4 Å². The Labute approximate surface area is 508 Å². The van der Waals surface area contributed by atoms with Crippen LogP contribution in [0.4, 0.5) is 0 Å². The highest BCUT2D eigenvalue weighted by Crippen LogP contribution is 2.44. The smallest absolute Gasteiger partial charge is 0.377 e. The first-order valence-corrected chi connectivity index (χ1v) is 32.2. The lowest BCUT2D eigenvalue weighted by Crippen LogP contribution is -2.43. The maximum absolute atomic E-state index is 13.8. The van der Waals surface area contributed by atoms with Crippen LogP contribution >= 0.6 is 0 Å². The summed E-state index contributed by atoms with van der Waals surface area (Å²) in [7, 11) is 2.05. The molecule has 0 aliphatic carbocycles. The Hall–Kier alpha value is -6.95. The van der Waals surface area contributed by atoms with Gasteiger partial charge < -0.3 is 28.6 Å². The SMILES string of the molecule is CO[Si](CCCNC(=O)c1ccc(-c2c3nc(c(-c4cc(C(C)(C)C)cc(C(C)(C)C)c4)c4ccc([nH]4)c(-c4cc(C(C)(C)C)cc(C(C)(C)C)c4)c4nc(c(-c5cc(C(C)(C)C)cc(C(C)(C)C)c5)c5ccc2[nH]5)C=C4)C=C3)cc1)(OC)OC. The number of nitrogens with one attached hydrogen (secondary N) is 3. The predicted molar refractivity (Wildman–Crippen MR) is 361 cm³/mol. The van der Waals surface area contributed by atoms with Gasteiger partial charge >= 0.3 is 8.80 Å². The molecule has 0 saturated heterocycles. The normalized spacial score (nSPS) is 13.5. The van der Waals surface area contributed by atoms with Crippen LogP contribution in [-0.2, 0) is 45.8 Å². The van der Waals surface area contributed by atoms with E-state index in [1.54, 1.807) is 21.3 Å². The lowest BCUT2D eigenvalue weighted by Gasteiger charge is -2.26. The molecule has 0 fully saturated rings. The van der Waals surface area contributed by atoms with Crippen LogP contribution in [0.25, 0.3) is 90.9 Å². The van der Waals surface area contributed by atoms with Gasteiger partial charge in [-0.1, -0.05) is 191 Å². The Morgan fingerprint density at radius 3 is 0.929 bits per heavy atom. The van der Waals surface area contributed by atoms with E-state index in [9.17, 15) is 4.79 Å². The van der Waals surface area contributed by atoms with Crippen LogP contribution in [0, 0.1) is 0 Å². The van der Waals surface area contributed by atoms with Gasteiger partial charge in [-0.05, 0) is 155 Å². The van der Waals surface area contributed by atoms with Gasteiger partial charge in [0.25, 0.3) is 5.91 Å². The first-order chi connectivity index (χ1) is 39.6. The van der Waals surface area contributed by atoms with Gasteiger partial charge in [0, 0.05) is 83.8 Å². The zero-order valence-corrected chi connectivity index (χ0v) is 55.8. The average Bonchev–Trinajstić information content (AvgIpc) is 2.06. The van der Waals surface area contributed by atoms with Gasteiger partial charge in [0.05, 0.1) is 22.8 Å². The van der Waals surface area contributed by atoms with Crippen LogP contribution in [0.15, 0.2) is 103 Å². The summed E-state index contributed by atoms with van der Waals surface area (Å²) in [4.78, 5) is 33.4. The van der Waals surface area contributed by atoms with E-state index in [0.717, 1.165) is 89.4 Å². The quantitative estimate of drug-likeness (QED) is 0.0829. The second-order valence-corrected chi connectivity index (χ2v) is 32.7. The Morgan fingerprint density at radius 1 is 0.400 bits per heavy atom. The molecule has 0 spiro atoms. The van der Waals surface area contributed by atoms with Gasteiger partial charge in [0.1, 0.15) is 0 Å². The van der Waals surface area contributed by atoms with Gasteiger partial charge in [-0.15, -0.1) is 0 Å². The van der Waals surface area contributed by atoms with Gasteiger partial charge in [0.15, 0.2) is 0 Å². The number of hydrogen-bond donors (Lipinski definition) is 3. The number of fused-ring (bicyclic) bond motifs is 8. The van der Waals surface area contributed by atoms with Crippen molar-refractivity contribution in [1.29, 1.82) is 0 Å². The molecule has 3 N–H and O–H groups in total. The summed E-state index contributed by atoms with van der Waals surface area (Å²) in [6.07, 6.45) is 9.39. The Balaban J connectivity index is 1.41. The predicted octanol–water partition coefficient (Wildman–Crippen LogP) is 19.1. The van der Waals surface area contributed by atoms with E-state index >= 15 is 0 Å². The number of benzene rings is 4. The van der Waals surface area contributed by atoms with E-state index in [-0.39, 0.29) is 38.4 Å². The summed E-state index contributed by atoms with van der Waals surface area (Å²) in [6.45, 7) is 41.8. The van der Waals surface area contributed by atoms with Crippen LogP contribution in [0.5, 0.6) is 0 Å². The van der Waals surface area contributed by atoms with E-state index < -0.39 is 8.80 Å². The minimum absolute atomic E-state index is 0.123. The zero-order valence-electron chi connectivity index (χ0n) is 54.8. The lowest BCUT2D eigenvalue weighted by molar-refractivity contribution is 0.0949. The van der Waals surface area contributed by atoms with Crippen molar-refractivity contribution in [3.63, 3.8) is 0 Å². The molecule has 3 aromatic heterocycles. The van der Waals surface area contributed by atoms with E-state index in [2.05, 4.69) is 243 Å². The number of aromatic nitrogens is 4. The molecule has 0 radical (unpaired) electrons. The highest BCUT2D eigenvalue weighted by Gasteiger charge is 2.37. The molecule has 0 atom stereocenters. The summed E-state index contributed by atoms with van der Waals surface area (Å²) in [5.41, 5.74) is 22.5. The summed E-state index contributed by atoms with van der Waals surface area (Å²) in [6, 6.07) is 38.7. The number of amides is 1. The first-order valence-electron chi connectivity index (χ1n) is 30.3. The molecule has 5 heterocycles. The number of H-pyrrole nitrogens is 2. The molecule has 1 amide bonds. The molecule has 85 heavy (non-hydrogen) atoms. The van der Waals surface area contributed by atoms with Crippen LogP contribution in [-0.4, -0.2) is 62.5 Å². The molecule has 2 aliphatic rings. The Kier molecular flexibility index (Phi) is 17.0. The fraction of sp³-hybridized carbons (Fsp3) is 0.400. The zero-order chi connectivity index (χ0) is 62.0. The number of carbonyl (C=O) groups excluding carboxylic acids is 1. The van der Waals surface area contributed by atoms with Crippen molar-refractivity contribution in [2.24, 2.45) is 0 Å². The van der Waals surface area contributed by atoms with Gasteiger partial charge in [-0.3, -0.25) is 4.79 Å². The summed E-state index contributed by atoms with van der Waals surface area (Å²) in [5, 5.41) is 3.11. The van der Waals surface area contributed by atoms with Gasteiger partial charge in [0.2, 0.25) is 0 Å². The van der Waals surface area contributed by atoms with Crippen molar-refractivity contribution in [3.8, 4) is 44.5 Å². The molecule has 7 aromatic rings. The third kappa shape index (κ3) is 13.4. The highest BCUT2D eigenvalue weighted by molar-refractivity contribution is 6.60. The summed E-state index contributed by atoms with van der Waals surface area (Å²) >= 11 is 0. The fourth-order valence-corrected chi connectivity index (χ4v) is 13.0. The van der Waals surface area contributed by atoms with Crippen molar-refractivity contribution < 1.29 is 18.1 Å². The number of carbonyl (C=O) groups is 1. The molecule has 0 unspecified atom stereocenters. The summed E-state index contributed by atoms with van der Waals surface area (Å²) < 4.78 is 16.9. The minimum atomic E-state index is -2.78. The molecule has 9 rings (SSSR count). The lowest BCUT2D eigenvalue weighted by atomic mass is 9.78. The Bertz CT molecular complexity index is 3740. The van der Waals surface area contributed by atoms with Crippen LogP contribution in [0.3, 0.4) is 0 Å². The van der Waals surface area contributed by atoms with Gasteiger partial charge in [-0.25, -0.2) is 9.97 Å². The molecule has 9 nitrogen and oxygen atoms in total. The maximum Gasteiger partial charge on any atom is 0.500 e. The average molecular weight is 1160 g/mol. The largest absolute Gasteiger partial charge is 0.500 e. The molecule has 4 aromatic carbocycles.